The first kappa shape index (κ1) is 105. The molecule has 0 aromatic rings. The van der Waals surface area contributed by atoms with Crippen molar-refractivity contribution >= 4 is 0 Å². The second kappa shape index (κ2) is 40.7. The highest BCUT2D eigenvalue weighted by molar-refractivity contribution is 5.20. The van der Waals surface area contributed by atoms with E-state index in [1.807, 2.05) is 0 Å². The highest BCUT2D eigenvalue weighted by Crippen LogP contribution is 2.76. The van der Waals surface area contributed by atoms with Gasteiger partial charge in [0.25, 0.3) is 0 Å². The van der Waals surface area contributed by atoms with Crippen molar-refractivity contribution < 1.29 is 51.1 Å². The molecule has 758 valence electrons. The summed E-state index contributed by atoms with van der Waals surface area (Å²) in [6.07, 6.45) is 59.3. The van der Waals surface area contributed by atoms with Crippen LogP contribution >= 0.6 is 0 Å². The quantitative estimate of drug-likeness (QED) is 0.0752. The van der Waals surface area contributed by atoms with Crippen LogP contribution in [0.4, 0.5) is 0 Å². The zero-order valence-corrected chi connectivity index (χ0v) is 87.9. The van der Waals surface area contributed by atoms with Gasteiger partial charge in [-0.1, -0.05) is 210 Å². The third-order valence-electron chi connectivity index (χ3n) is 51.0. The van der Waals surface area contributed by atoms with E-state index in [4.69, 9.17) is 0 Å². The number of aliphatic hydroxyl groups excluding tert-OH is 10. The lowest BCUT2D eigenvalue weighted by Crippen LogP contribution is -2.62. The van der Waals surface area contributed by atoms with Gasteiger partial charge in [0.05, 0.1) is 61.0 Å². The highest BCUT2D eigenvalue weighted by atomic mass is 16.3. The standard InChI is InChI=1S/C24H42O3.3C24H42O2.C24H42O.CH4/c1-5-6-14(2)17-7-8-18-22-19(13-21(27)24(17,18)4)23(3)10-9-16(25)11-15(23)12-20(22)26;2*1-5-6-15(2)18-7-8-19-22-20(10-12-24(18,19)4)23(3)11-9-17(25)13-16(23)14-21(22)26;1-5-6-15(2)19-9-10-20-18-8-7-16-13-17(25)11-12-23(16,3)21(18)14-22(26)24(19,20)4;1-5-6-16(2)20-9-10-21-19-8-7-17-15-18(25)11-13-23(17,3)22(19)12-14-24(20,21)4;/h14-22,25-27H,5-13H2,1-4H3;3*15-22,25-26H,5-14H2,1-4H3;16-22,25H,5-15H2,1-4H3;1H4/t14-,15+,16-,17-,18?,19?,20-,21+,22?,23+,24-;15-,16+,17-,18-,19?,20?,21+,22?,23+,24-;15-,16+,17-,18-,19?,20?,21-,22?,23+,24-;15-,16-,17-,18?,19-,20?,21?,22+,23+,24-;16-,17-,18-,19?,20-,21?,22?,23+,24-;/m11111./s1. The van der Waals surface area contributed by atoms with Crippen LogP contribution in [0.15, 0.2) is 0 Å². The van der Waals surface area contributed by atoms with Gasteiger partial charge in [-0.25, -0.2) is 0 Å². The van der Waals surface area contributed by atoms with Gasteiger partial charge in [0.1, 0.15) is 0 Å². The predicted molar refractivity (Wildman–Crippen MR) is 540 cm³/mol. The van der Waals surface area contributed by atoms with Crippen LogP contribution in [0.2, 0.25) is 0 Å². The molecule has 0 saturated heterocycles. The topological polar surface area (TPSA) is 202 Å². The van der Waals surface area contributed by atoms with Crippen molar-refractivity contribution in [3.8, 4) is 0 Å². The van der Waals surface area contributed by atoms with Crippen LogP contribution in [0.25, 0.3) is 0 Å². The number of fused-ring (bicyclic) bond motifs is 25. The van der Waals surface area contributed by atoms with Gasteiger partial charge in [0, 0.05) is 0 Å². The molecule has 10 nitrogen and oxygen atoms in total. The molecule has 0 spiro atoms. The zero-order chi connectivity index (χ0) is 93.4. The largest absolute Gasteiger partial charge is 0.393 e. The number of hydrogen-bond donors (Lipinski definition) is 10. The summed E-state index contributed by atoms with van der Waals surface area (Å²) >= 11 is 0. The molecular formula is C121H214O10. The summed E-state index contributed by atoms with van der Waals surface area (Å²) in [7, 11) is 0. The molecule has 0 aromatic heterocycles. The molecule has 15 unspecified atom stereocenters. The number of rotatable bonds is 15. The van der Waals surface area contributed by atoms with Crippen molar-refractivity contribution in [1.82, 2.24) is 0 Å². The SMILES string of the molecule is C.CCC[C@@H](C)[C@H]1CCC2C3C(CC[C@@]21C)[C@@]1(C)CC[C@@H](O)C[C@H]1C[C@@H]3O.CCC[C@@H](C)[C@H]1CCC2C3C(CC[C@@]21C)[C@@]1(C)CC[C@@H](O)C[C@H]1C[C@H]3O.CCC[C@@H](C)[C@H]1CCC2C3C(C[C@H](O)[C@@]21C)[C@@]1(C)CC[C@@H](O)C[C@H]1C[C@H]3O.CCC[C@@H](C)[C@H]1CCC2C3CC[C@@H]4C[C@H](O)CC[C@]4(C)C3CC[C@@]21C.CCC[C@@H](C)[C@H]1CCC2C3CC[C@@H]4C[C@H](O)CC[C@]4(C)C3C[C@H](O)[C@@]21C. The maximum absolute atomic E-state index is 11.5. The Kier molecular flexibility index (Phi) is 32.6. The van der Waals surface area contributed by atoms with Crippen LogP contribution < -0.4 is 0 Å². The van der Waals surface area contributed by atoms with E-state index < -0.39 is 0 Å². The van der Waals surface area contributed by atoms with Crippen LogP contribution in [0, 0.1) is 232 Å². The molecular weight excluding hydrogens is 1610 g/mol. The minimum atomic E-state index is -0.254. The van der Waals surface area contributed by atoms with Crippen molar-refractivity contribution in [2.24, 2.45) is 232 Å². The Balaban J connectivity index is 0.000000125. The van der Waals surface area contributed by atoms with E-state index in [0.29, 0.717) is 127 Å². The van der Waals surface area contributed by atoms with E-state index in [1.165, 1.54) is 218 Å². The molecule has 50 atom stereocenters. The third-order valence-corrected chi connectivity index (χ3v) is 51.0. The molecule has 20 saturated carbocycles. The smallest absolute Gasteiger partial charge is 0.0602 e. The van der Waals surface area contributed by atoms with Crippen LogP contribution in [0.5, 0.6) is 0 Å². The molecule has 131 heavy (non-hydrogen) atoms. The molecule has 0 radical (unpaired) electrons. The molecule has 10 heteroatoms. The van der Waals surface area contributed by atoms with Gasteiger partial charge < -0.3 is 51.1 Å². The Bertz CT molecular complexity index is 3560. The zero-order valence-electron chi connectivity index (χ0n) is 87.9. The molecule has 0 aliphatic heterocycles. The molecule has 0 bridgehead atoms. The highest BCUT2D eigenvalue weighted by Gasteiger charge is 2.71. The lowest BCUT2D eigenvalue weighted by atomic mass is 9.43. The van der Waals surface area contributed by atoms with Gasteiger partial charge in [-0.2, -0.15) is 0 Å². The van der Waals surface area contributed by atoms with E-state index in [0.717, 1.165) is 192 Å². The van der Waals surface area contributed by atoms with Crippen LogP contribution in [-0.2, 0) is 0 Å². The minimum absolute atomic E-state index is 0. The fourth-order valence-electron chi connectivity index (χ4n) is 44.1. The van der Waals surface area contributed by atoms with Crippen molar-refractivity contribution in [1.29, 1.82) is 0 Å². The summed E-state index contributed by atoms with van der Waals surface area (Å²) in [5.74, 6) is 21.2. The summed E-state index contributed by atoms with van der Waals surface area (Å²) in [6, 6.07) is 0. The normalized spacial score (nSPS) is 54.5. The monoisotopic (exact) mass is 1830 g/mol. The third kappa shape index (κ3) is 18.1. The molecule has 20 fully saturated rings. The summed E-state index contributed by atoms with van der Waals surface area (Å²) in [5.41, 5.74) is 3.44. The van der Waals surface area contributed by atoms with Gasteiger partial charge in [-0.3, -0.25) is 0 Å². The summed E-state index contributed by atoms with van der Waals surface area (Å²) < 4.78 is 0. The Hall–Kier alpha value is -0.400. The van der Waals surface area contributed by atoms with Crippen molar-refractivity contribution in [3.05, 3.63) is 0 Å². The fourth-order valence-corrected chi connectivity index (χ4v) is 44.1. The summed E-state index contributed by atoms with van der Waals surface area (Å²) in [4.78, 5) is 0. The summed E-state index contributed by atoms with van der Waals surface area (Å²) in [5, 5.41) is 108. The van der Waals surface area contributed by atoms with Crippen LogP contribution in [0.1, 0.15) is 467 Å². The first-order chi connectivity index (χ1) is 61.6. The molecule has 20 aliphatic carbocycles. The van der Waals surface area contributed by atoms with Gasteiger partial charge >= 0.3 is 0 Å². The average molecular weight is 1830 g/mol. The van der Waals surface area contributed by atoms with Gasteiger partial charge in [0.15, 0.2) is 0 Å². The lowest BCUT2D eigenvalue weighted by molar-refractivity contribution is -0.207. The first-order valence-electron chi connectivity index (χ1n) is 58.4. The van der Waals surface area contributed by atoms with E-state index >= 15 is 0 Å². The number of hydrogen-bond acceptors (Lipinski definition) is 10. The van der Waals surface area contributed by atoms with E-state index in [9.17, 15) is 51.1 Å². The Morgan fingerprint density at radius 3 is 0.817 bits per heavy atom. The molecule has 0 aromatic carbocycles. The lowest BCUT2D eigenvalue weighted by Gasteiger charge is -2.63. The summed E-state index contributed by atoms with van der Waals surface area (Å²) in [6.45, 7) is 49.2. The van der Waals surface area contributed by atoms with Gasteiger partial charge in [-0.15, -0.1) is 0 Å². The van der Waals surface area contributed by atoms with E-state index in [-0.39, 0.29) is 84.7 Å². The Morgan fingerprint density at radius 1 is 0.214 bits per heavy atom. The molecule has 10 N–H and O–H groups in total. The molecule has 0 heterocycles. The Labute approximate surface area is 805 Å². The maximum Gasteiger partial charge on any atom is 0.0602 e. The molecule has 20 aliphatic rings. The predicted octanol–water partition coefficient (Wildman–Crippen LogP) is 27.7. The number of aliphatic hydroxyl groups is 10. The van der Waals surface area contributed by atoms with E-state index in [2.05, 4.69) is 138 Å². The van der Waals surface area contributed by atoms with E-state index in [1.54, 1.807) is 0 Å². The minimum Gasteiger partial charge on any atom is -0.393 e. The second-order valence-electron chi connectivity index (χ2n) is 56.0. The average Bonchev–Trinajstić information content (AvgIpc) is 1.63. The Morgan fingerprint density at radius 2 is 0.450 bits per heavy atom. The van der Waals surface area contributed by atoms with Crippen molar-refractivity contribution in [2.45, 2.75) is 528 Å². The van der Waals surface area contributed by atoms with Crippen LogP contribution in [-0.4, -0.2) is 112 Å². The van der Waals surface area contributed by atoms with Crippen molar-refractivity contribution in [2.75, 3.05) is 0 Å². The second-order valence-corrected chi connectivity index (χ2v) is 56.0. The molecule has 0 amide bonds. The van der Waals surface area contributed by atoms with Crippen molar-refractivity contribution in [3.63, 3.8) is 0 Å². The van der Waals surface area contributed by atoms with Crippen LogP contribution in [0.3, 0.4) is 0 Å². The first-order valence-corrected chi connectivity index (χ1v) is 58.4. The van der Waals surface area contributed by atoms with Gasteiger partial charge in [-0.05, 0) is 489 Å². The maximum atomic E-state index is 11.5. The van der Waals surface area contributed by atoms with Gasteiger partial charge in [0.2, 0.25) is 0 Å². The molecule has 20 rings (SSSR count). The fraction of sp³-hybridized carbons (Fsp3) is 1.00.